The second-order valence-electron chi connectivity index (χ2n) is 5.98. The molecule has 3 aromatic rings. The molecule has 0 N–H and O–H groups in total. The predicted octanol–water partition coefficient (Wildman–Crippen LogP) is 4.01. The monoisotopic (exact) mass is 401 g/mol. The van der Waals surface area contributed by atoms with Gasteiger partial charge in [0.25, 0.3) is 0 Å². The number of amides is 1. The van der Waals surface area contributed by atoms with Crippen LogP contribution in [-0.4, -0.2) is 32.2 Å². The summed E-state index contributed by atoms with van der Waals surface area (Å²) in [6, 6.07) is 10.3. The van der Waals surface area contributed by atoms with Gasteiger partial charge in [0.15, 0.2) is 10.3 Å². The summed E-state index contributed by atoms with van der Waals surface area (Å²) in [6.07, 6.45) is 0.771. The number of aromatic nitrogens is 4. The molecule has 0 radical (unpaired) electrons. The van der Waals surface area contributed by atoms with Crippen LogP contribution in [0.3, 0.4) is 0 Å². The highest BCUT2D eigenvalue weighted by molar-refractivity contribution is 7.98. The molecule has 0 aliphatic carbocycles. The lowest BCUT2D eigenvalue weighted by atomic mass is 10.1. The van der Waals surface area contributed by atoms with Crippen LogP contribution in [0.15, 0.2) is 40.9 Å². The third-order valence-corrected chi connectivity index (χ3v) is 6.04. The van der Waals surface area contributed by atoms with Gasteiger partial charge < -0.3 is 4.57 Å². The fourth-order valence-corrected chi connectivity index (χ4v) is 4.72. The van der Waals surface area contributed by atoms with E-state index in [-0.39, 0.29) is 5.91 Å². The summed E-state index contributed by atoms with van der Waals surface area (Å²) in [6.45, 7) is 7.08. The van der Waals surface area contributed by atoms with Crippen molar-refractivity contribution in [1.82, 2.24) is 19.7 Å². The molecule has 0 bridgehead atoms. The van der Waals surface area contributed by atoms with E-state index in [4.69, 9.17) is 0 Å². The Balaban J connectivity index is 1.68. The average Bonchev–Trinajstić information content (AvgIpc) is 3.28. The fourth-order valence-electron chi connectivity index (χ4n) is 2.77. The number of rotatable bonds is 8. The zero-order valence-corrected chi connectivity index (χ0v) is 17.4. The molecule has 0 spiro atoms. The standard InChI is InChI=1S/C19H23N5OS2/c1-4-23(14(3)25)18-20-16(12-26-18)13-27-19-22-21-17(24(19)5-2)11-15-9-7-6-8-10-15/h6-10,12H,4-5,11,13H2,1-3H3. The van der Waals surface area contributed by atoms with Crippen LogP contribution >= 0.6 is 23.1 Å². The number of anilines is 1. The molecular formula is C19H23N5OS2. The number of hydrogen-bond donors (Lipinski definition) is 0. The highest BCUT2D eigenvalue weighted by Gasteiger charge is 2.15. The maximum absolute atomic E-state index is 11.7. The van der Waals surface area contributed by atoms with Crippen LogP contribution in [0.25, 0.3) is 0 Å². The fraction of sp³-hybridized carbons (Fsp3) is 0.368. The van der Waals surface area contributed by atoms with E-state index in [0.29, 0.717) is 12.3 Å². The summed E-state index contributed by atoms with van der Waals surface area (Å²) in [4.78, 5) is 17.9. The quantitative estimate of drug-likeness (QED) is 0.534. The Kier molecular flexibility index (Phi) is 6.63. The van der Waals surface area contributed by atoms with Crippen molar-refractivity contribution in [3.63, 3.8) is 0 Å². The zero-order valence-electron chi connectivity index (χ0n) is 15.8. The third-order valence-electron chi connectivity index (χ3n) is 4.13. The lowest BCUT2D eigenvalue weighted by Gasteiger charge is -2.14. The lowest BCUT2D eigenvalue weighted by Crippen LogP contribution is -2.27. The molecule has 1 amide bonds. The van der Waals surface area contributed by atoms with E-state index in [1.54, 1.807) is 23.6 Å². The molecule has 0 saturated heterocycles. The number of hydrogen-bond acceptors (Lipinski definition) is 6. The van der Waals surface area contributed by atoms with E-state index in [1.165, 1.54) is 16.9 Å². The van der Waals surface area contributed by atoms with E-state index in [9.17, 15) is 4.79 Å². The van der Waals surface area contributed by atoms with Gasteiger partial charge in [-0.2, -0.15) is 0 Å². The van der Waals surface area contributed by atoms with Crippen molar-refractivity contribution in [2.45, 2.75) is 44.6 Å². The van der Waals surface area contributed by atoms with Crippen molar-refractivity contribution in [3.05, 3.63) is 52.8 Å². The van der Waals surface area contributed by atoms with E-state index in [0.717, 1.165) is 34.8 Å². The Morgan fingerprint density at radius 1 is 1.22 bits per heavy atom. The Hall–Kier alpha value is -2.19. The highest BCUT2D eigenvalue weighted by Crippen LogP contribution is 2.27. The van der Waals surface area contributed by atoms with Crippen LogP contribution in [0.1, 0.15) is 37.9 Å². The molecular weight excluding hydrogens is 378 g/mol. The van der Waals surface area contributed by atoms with Crippen molar-refractivity contribution in [2.75, 3.05) is 11.4 Å². The topological polar surface area (TPSA) is 63.9 Å². The molecule has 8 heteroatoms. The molecule has 6 nitrogen and oxygen atoms in total. The van der Waals surface area contributed by atoms with Gasteiger partial charge >= 0.3 is 0 Å². The van der Waals surface area contributed by atoms with Crippen molar-refractivity contribution in [2.24, 2.45) is 0 Å². The number of nitrogens with zero attached hydrogens (tertiary/aromatic N) is 5. The molecule has 0 fully saturated rings. The number of benzene rings is 1. The molecule has 27 heavy (non-hydrogen) atoms. The van der Waals surface area contributed by atoms with Gasteiger partial charge in [0, 0.05) is 37.6 Å². The molecule has 0 atom stereocenters. The minimum absolute atomic E-state index is 0.0160. The summed E-state index contributed by atoms with van der Waals surface area (Å²) >= 11 is 3.13. The summed E-state index contributed by atoms with van der Waals surface area (Å²) in [5.74, 6) is 1.69. The van der Waals surface area contributed by atoms with Gasteiger partial charge in [0.1, 0.15) is 5.82 Å². The van der Waals surface area contributed by atoms with Crippen LogP contribution in [0.5, 0.6) is 0 Å². The van der Waals surface area contributed by atoms with Crippen LogP contribution < -0.4 is 4.90 Å². The minimum atomic E-state index is 0.0160. The van der Waals surface area contributed by atoms with Gasteiger partial charge in [-0.05, 0) is 19.4 Å². The van der Waals surface area contributed by atoms with Crippen molar-refractivity contribution >= 4 is 34.1 Å². The summed E-state index contributed by atoms with van der Waals surface area (Å²) in [5.41, 5.74) is 2.18. The minimum Gasteiger partial charge on any atom is -0.306 e. The second kappa shape index (κ2) is 9.14. The van der Waals surface area contributed by atoms with E-state index < -0.39 is 0 Å². The SMILES string of the molecule is CCN(C(C)=O)c1nc(CSc2nnc(Cc3ccccc3)n2CC)cs1. The van der Waals surface area contributed by atoms with Gasteiger partial charge in [-0.15, -0.1) is 21.5 Å². The van der Waals surface area contributed by atoms with E-state index in [2.05, 4.69) is 38.8 Å². The van der Waals surface area contributed by atoms with Gasteiger partial charge in [-0.1, -0.05) is 42.1 Å². The Morgan fingerprint density at radius 3 is 2.67 bits per heavy atom. The molecule has 2 aromatic heterocycles. The Morgan fingerprint density at radius 2 is 2.00 bits per heavy atom. The molecule has 0 aliphatic rings. The predicted molar refractivity (Wildman–Crippen MR) is 110 cm³/mol. The zero-order chi connectivity index (χ0) is 19.2. The molecule has 3 rings (SSSR count). The van der Waals surface area contributed by atoms with Crippen LogP contribution in [0.4, 0.5) is 5.13 Å². The maximum Gasteiger partial charge on any atom is 0.225 e. The molecule has 0 saturated carbocycles. The summed E-state index contributed by atoms with van der Waals surface area (Å²) in [5, 5.41) is 12.4. The first-order valence-corrected chi connectivity index (χ1v) is 10.8. The highest BCUT2D eigenvalue weighted by atomic mass is 32.2. The van der Waals surface area contributed by atoms with E-state index in [1.807, 2.05) is 30.5 Å². The van der Waals surface area contributed by atoms with Gasteiger partial charge in [-0.25, -0.2) is 4.98 Å². The molecule has 0 unspecified atom stereocenters. The second-order valence-corrected chi connectivity index (χ2v) is 7.76. The van der Waals surface area contributed by atoms with E-state index >= 15 is 0 Å². The van der Waals surface area contributed by atoms with Crippen molar-refractivity contribution in [3.8, 4) is 0 Å². The molecule has 142 valence electrons. The van der Waals surface area contributed by atoms with Gasteiger partial charge in [0.05, 0.1) is 5.69 Å². The molecule has 1 aromatic carbocycles. The number of carbonyl (C=O) groups excluding carboxylic acids is 1. The summed E-state index contributed by atoms with van der Waals surface area (Å²) in [7, 11) is 0. The first-order chi connectivity index (χ1) is 13.1. The first kappa shape index (κ1) is 19.6. The Labute approximate surface area is 167 Å². The third kappa shape index (κ3) is 4.75. The summed E-state index contributed by atoms with van der Waals surface area (Å²) < 4.78 is 2.15. The van der Waals surface area contributed by atoms with Gasteiger partial charge in [-0.3, -0.25) is 9.69 Å². The average molecular weight is 402 g/mol. The number of thiazole rings is 1. The number of carbonyl (C=O) groups is 1. The number of thioether (sulfide) groups is 1. The molecule has 2 heterocycles. The van der Waals surface area contributed by atoms with Crippen LogP contribution in [0, 0.1) is 0 Å². The maximum atomic E-state index is 11.7. The smallest absolute Gasteiger partial charge is 0.225 e. The lowest BCUT2D eigenvalue weighted by molar-refractivity contribution is -0.116. The van der Waals surface area contributed by atoms with Crippen LogP contribution in [-0.2, 0) is 23.5 Å². The molecule has 0 aliphatic heterocycles. The van der Waals surface area contributed by atoms with Crippen molar-refractivity contribution < 1.29 is 4.79 Å². The normalized spacial score (nSPS) is 10.9. The van der Waals surface area contributed by atoms with Crippen molar-refractivity contribution in [1.29, 1.82) is 0 Å². The largest absolute Gasteiger partial charge is 0.306 e. The van der Waals surface area contributed by atoms with Crippen LogP contribution in [0.2, 0.25) is 0 Å². The Bertz CT molecular complexity index is 891. The first-order valence-electron chi connectivity index (χ1n) is 8.93. The van der Waals surface area contributed by atoms with Gasteiger partial charge in [0.2, 0.25) is 5.91 Å².